The maximum atomic E-state index is 5.88. The van der Waals surface area contributed by atoms with Gasteiger partial charge in [0.2, 0.25) is 0 Å². The molecule has 0 amide bonds. The number of nitrogens with zero attached hydrogens (tertiary/aromatic N) is 3. The van der Waals surface area contributed by atoms with E-state index >= 15 is 0 Å². The first kappa shape index (κ1) is 13.0. The van der Waals surface area contributed by atoms with Gasteiger partial charge >= 0.3 is 0 Å². The number of hydrogen-bond donors (Lipinski definition) is 1. The van der Waals surface area contributed by atoms with Crippen LogP contribution in [0.4, 0.5) is 0 Å². The average molecular weight is 267 g/mol. The molecule has 0 bridgehead atoms. The van der Waals surface area contributed by atoms with E-state index in [1.807, 2.05) is 30.5 Å². The lowest BCUT2D eigenvalue weighted by atomic mass is 10.2. The monoisotopic (exact) mass is 266 g/mol. The maximum Gasteiger partial charge on any atom is 0.0962 e. The van der Waals surface area contributed by atoms with Gasteiger partial charge in [0.15, 0.2) is 0 Å². The zero-order valence-corrected chi connectivity index (χ0v) is 10.7. The van der Waals surface area contributed by atoms with Gasteiger partial charge in [0.05, 0.1) is 25.5 Å². The van der Waals surface area contributed by atoms with Gasteiger partial charge in [-0.05, 0) is 17.7 Å². The first-order valence-electron chi connectivity index (χ1n) is 5.69. The normalized spacial score (nSPS) is 10.8. The molecule has 18 heavy (non-hydrogen) atoms. The topological polar surface area (TPSA) is 66.0 Å². The largest absolute Gasteiger partial charge is 0.375 e. The molecule has 0 spiro atoms. The van der Waals surface area contributed by atoms with Gasteiger partial charge in [0, 0.05) is 17.8 Å². The highest BCUT2D eigenvalue weighted by Gasteiger charge is 1.99. The summed E-state index contributed by atoms with van der Waals surface area (Å²) < 4.78 is 7.27. The smallest absolute Gasteiger partial charge is 0.0962 e. The Hall–Kier alpha value is -1.43. The molecule has 96 valence electrons. The quantitative estimate of drug-likeness (QED) is 0.807. The minimum atomic E-state index is 0.406. The van der Waals surface area contributed by atoms with Crippen LogP contribution in [0.1, 0.15) is 11.3 Å². The van der Waals surface area contributed by atoms with E-state index in [9.17, 15) is 0 Å². The van der Waals surface area contributed by atoms with Crippen LogP contribution >= 0.6 is 11.6 Å². The summed E-state index contributed by atoms with van der Waals surface area (Å²) in [6.45, 7) is 2.18. The Bertz CT molecular complexity index is 500. The summed E-state index contributed by atoms with van der Waals surface area (Å²) in [6, 6.07) is 7.62. The number of nitrogens with two attached hydrogens (primary N) is 1. The molecular formula is C12H15ClN4O. The van der Waals surface area contributed by atoms with E-state index in [1.165, 1.54) is 0 Å². The predicted molar refractivity (Wildman–Crippen MR) is 69.0 cm³/mol. The lowest BCUT2D eigenvalue weighted by molar-refractivity contribution is 0.110. The van der Waals surface area contributed by atoms with Gasteiger partial charge in [-0.3, -0.25) is 0 Å². The van der Waals surface area contributed by atoms with Crippen molar-refractivity contribution in [2.75, 3.05) is 6.61 Å². The molecule has 0 saturated heterocycles. The summed E-state index contributed by atoms with van der Waals surface area (Å²) in [5, 5.41) is 8.55. The fourth-order valence-corrected chi connectivity index (χ4v) is 1.73. The van der Waals surface area contributed by atoms with Crippen LogP contribution in [0.3, 0.4) is 0 Å². The van der Waals surface area contributed by atoms with E-state index in [1.54, 1.807) is 4.68 Å². The molecule has 1 heterocycles. The molecule has 1 aromatic carbocycles. The van der Waals surface area contributed by atoms with Gasteiger partial charge in [-0.25, -0.2) is 4.68 Å². The minimum Gasteiger partial charge on any atom is -0.375 e. The molecule has 0 aliphatic carbocycles. The van der Waals surface area contributed by atoms with Crippen molar-refractivity contribution in [2.24, 2.45) is 5.73 Å². The van der Waals surface area contributed by atoms with Crippen LogP contribution in [0.5, 0.6) is 0 Å². The third-order valence-electron chi connectivity index (χ3n) is 2.42. The SMILES string of the molecule is NCc1cn(CCOCc2cccc(Cl)c2)nn1. The number of benzene rings is 1. The second-order valence-electron chi connectivity index (χ2n) is 3.86. The van der Waals surface area contributed by atoms with Crippen LogP contribution in [0.25, 0.3) is 0 Å². The third kappa shape index (κ3) is 3.80. The maximum absolute atomic E-state index is 5.88. The van der Waals surface area contributed by atoms with E-state index in [4.69, 9.17) is 22.1 Å². The molecule has 0 atom stereocenters. The highest BCUT2D eigenvalue weighted by molar-refractivity contribution is 6.30. The van der Waals surface area contributed by atoms with Crippen LogP contribution in [0.15, 0.2) is 30.5 Å². The number of hydrogen-bond acceptors (Lipinski definition) is 4. The Labute approximate surface area is 111 Å². The van der Waals surface area contributed by atoms with Crippen molar-refractivity contribution in [1.82, 2.24) is 15.0 Å². The third-order valence-corrected chi connectivity index (χ3v) is 2.65. The molecule has 0 aliphatic heterocycles. The van der Waals surface area contributed by atoms with Crippen molar-refractivity contribution in [1.29, 1.82) is 0 Å². The molecule has 1 aromatic heterocycles. The van der Waals surface area contributed by atoms with Crippen molar-refractivity contribution in [3.8, 4) is 0 Å². The molecule has 0 aliphatic rings. The molecule has 0 unspecified atom stereocenters. The Kier molecular flexibility index (Phi) is 4.69. The highest BCUT2D eigenvalue weighted by Crippen LogP contribution is 2.11. The summed E-state index contributed by atoms with van der Waals surface area (Å²) in [6.07, 6.45) is 1.82. The first-order valence-corrected chi connectivity index (χ1v) is 6.07. The van der Waals surface area contributed by atoms with Crippen molar-refractivity contribution in [3.63, 3.8) is 0 Å². The molecule has 0 saturated carbocycles. The first-order chi connectivity index (χ1) is 8.78. The summed E-state index contributed by atoms with van der Waals surface area (Å²) in [4.78, 5) is 0. The summed E-state index contributed by atoms with van der Waals surface area (Å²) in [7, 11) is 0. The standard InChI is InChI=1S/C12H15ClN4O/c13-11-3-1-2-10(6-11)9-18-5-4-17-8-12(7-14)15-16-17/h1-3,6,8H,4-5,7,9,14H2. The Morgan fingerprint density at radius 1 is 1.39 bits per heavy atom. The van der Waals surface area contributed by atoms with Crippen LogP contribution in [0, 0.1) is 0 Å². The van der Waals surface area contributed by atoms with E-state index < -0.39 is 0 Å². The van der Waals surface area contributed by atoms with Crippen molar-refractivity contribution in [2.45, 2.75) is 19.7 Å². The fourth-order valence-electron chi connectivity index (χ4n) is 1.52. The van der Waals surface area contributed by atoms with Crippen molar-refractivity contribution >= 4 is 11.6 Å². The Morgan fingerprint density at radius 3 is 3.00 bits per heavy atom. The van der Waals surface area contributed by atoms with Gasteiger partial charge in [-0.1, -0.05) is 28.9 Å². The van der Waals surface area contributed by atoms with Gasteiger partial charge < -0.3 is 10.5 Å². The van der Waals surface area contributed by atoms with Crippen LogP contribution in [0.2, 0.25) is 5.02 Å². The minimum absolute atomic E-state index is 0.406. The van der Waals surface area contributed by atoms with Gasteiger partial charge in [-0.15, -0.1) is 5.10 Å². The fraction of sp³-hybridized carbons (Fsp3) is 0.333. The molecule has 2 N–H and O–H groups in total. The highest BCUT2D eigenvalue weighted by atomic mass is 35.5. The Balaban J connectivity index is 1.72. The molecule has 0 fully saturated rings. The molecular weight excluding hydrogens is 252 g/mol. The number of halogens is 1. The Morgan fingerprint density at radius 2 is 2.28 bits per heavy atom. The van der Waals surface area contributed by atoms with E-state index in [-0.39, 0.29) is 0 Å². The van der Waals surface area contributed by atoms with E-state index in [0.717, 1.165) is 16.3 Å². The zero-order valence-electron chi connectivity index (χ0n) is 9.92. The number of ether oxygens (including phenoxy) is 1. The van der Waals surface area contributed by atoms with Gasteiger partial charge in [-0.2, -0.15) is 0 Å². The van der Waals surface area contributed by atoms with E-state index in [0.29, 0.717) is 26.3 Å². The second-order valence-corrected chi connectivity index (χ2v) is 4.30. The average Bonchev–Trinajstić information content (AvgIpc) is 2.83. The predicted octanol–water partition coefficient (Wildman–Crippen LogP) is 1.61. The van der Waals surface area contributed by atoms with Crippen LogP contribution < -0.4 is 5.73 Å². The van der Waals surface area contributed by atoms with Gasteiger partial charge in [0.1, 0.15) is 0 Å². The second kappa shape index (κ2) is 6.49. The number of aromatic nitrogens is 3. The van der Waals surface area contributed by atoms with Crippen molar-refractivity contribution in [3.05, 3.63) is 46.7 Å². The van der Waals surface area contributed by atoms with E-state index in [2.05, 4.69) is 10.3 Å². The number of rotatable bonds is 6. The molecule has 6 heteroatoms. The molecule has 2 aromatic rings. The molecule has 5 nitrogen and oxygen atoms in total. The lowest BCUT2D eigenvalue weighted by Gasteiger charge is -2.04. The summed E-state index contributed by atoms with van der Waals surface area (Å²) >= 11 is 5.88. The van der Waals surface area contributed by atoms with Gasteiger partial charge in [0.25, 0.3) is 0 Å². The molecule has 0 radical (unpaired) electrons. The van der Waals surface area contributed by atoms with Crippen LogP contribution in [-0.4, -0.2) is 21.6 Å². The molecule has 2 rings (SSSR count). The summed E-state index contributed by atoms with van der Waals surface area (Å²) in [5.41, 5.74) is 7.29. The summed E-state index contributed by atoms with van der Waals surface area (Å²) in [5.74, 6) is 0. The van der Waals surface area contributed by atoms with Crippen molar-refractivity contribution < 1.29 is 4.74 Å². The van der Waals surface area contributed by atoms with Crippen LogP contribution in [-0.2, 0) is 24.4 Å². The lowest BCUT2D eigenvalue weighted by Crippen LogP contribution is -2.06. The zero-order chi connectivity index (χ0) is 12.8.